The molecule has 0 spiro atoms. The Balaban J connectivity index is 1.92. The van der Waals surface area contributed by atoms with Crippen LogP contribution in [0.4, 0.5) is 5.82 Å². The number of aliphatic hydroxyl groups excluding tert-OH is 1. The second kappa shape index (κ2) is 10.0. The summed E-state index contributed by atoms with van der Waals surface area (Å²) in [6.07, 6.45) is 1.65. The van der Waals surface area contributed by atoms with E-state index in [2.05, 4.69) is 21.9 Å². The van der Waals surface area contributed by atoms with Crippen molar-refractivity contribution in [3.63, 3.8) is 0 Å². The molecule has 160 valence electrons. The van der Waals surface area contributed by atoms with Crippen LogP contribution in [0.1, 0.15) is 39.7 Å². The van der Waals surface area contributed by atoms with E-state index in [0.717, 1.165) is 17.7 Å². The molecule has 7 nitrogen and oxygen atoms in total. The Bertz CT molecular complexity index is 864. The van der Waals surface area contributed by atoms with Crippen LogP contribution in [0.25, 0.3) is 0 Å². The molecule has 1 unspecified atom stereocenters. The molecule has 0 fully saturated rings. The minimum Gasteiger partial charge on any atom is -0.494 e. The second-order valence-electron chi connectivity index (χ2n) is 7.71. The maximum atomic E-state index is 12.4. The maximum absolute atomic E-state index is 12.4. The molecule has 1 aromatic carbocycles. The molecule has 0 saturated carbocycles. The summed E-state index contributed by atoms with van der Waals surface area (Å²) in [6.45, 7) is 8.69. The summed E-state index contributed by atoms with van der Waals surface area (Å²) in [7, 11) is -3.69. The van der Waals surface area contributed by atoms with Crippen LogP contribution >= 0.6 is 0 Å². The fourth-order valence-electron chi connectivity index (χ4n) is 2.27. The summed E-state index contributed by atoms with van der Waals surface area (Å²) in [5.74, 6) is 1.43. The third-order valence-electron chi connectivity index (χ3n) is 4.77. The smallest absolute Gasteiger partial charge is 0.242 e. The molecule has 0 bridgehead atoms. The molecule has 2 rings (SSSR count). The van der Waals surface area contributed by atoms with Gasteiger partial charge >= 0.3 is 0 Å². The largest absolute Gasteiger partial charge is 0.494 e. The minimum atomic E-state index is -3.69. The van der Waals surface area contributed by atoms with Gasteiger partial charge in [0.25, 0.3) is 0 Å². The lowest BCUT2D eigenvalue weighted by molar-refractivity contribution is 0.0700. The highest BCUT2D eigenvalue weighted by molar-refractivity contribution is 7.89. The Morgan fingerprint density at radius 3 is 2.41 bits per heavy atom. The van der Waals surface area contributed by atoms with Gasteiger partial charge in [0.2, 0.25) is 10.0 Å². The third kappa shape index (κ3) is 6.99. The number of aromatic nitrogens is 1. The number of hydrogen-bond donors (Lipinski definition) is 3. The minimum absolute atomic E-state index is 0.0851. The highest BCUT2D eigenvalue weighted by atomic mass is 32.2. The first-order valence-corrected chi connectivity index (χ1v) is 11.2. The molecule has 1 aromatic heterocycles. The van der Waals surface area contributed by atoms with Crippen LogP contribution in [0.15, 0.2) is 47.5 Å². The summed E-state index contributed by atoms with van der Waals surface area (Å²) in [6, 6.07) is 10.9. The van der Waals surface area contributed by atoms with Gasteiger partial charge in [-0.15, -0.1) is 0 Å². The number of hydrogen-bond acceptors (Lipinski definition) is 6. The van der Waals surface area contributed by atoms with E-state index in [-0.39, 0.29) is 11.4 Å². The Labute approximate surface area is 173 Å². The lowest BCUT2D eigenvalue weighted by Crippen LogP contribution is -2.40. The number of nitrogens with zero attached hydrogens (tertiary/aromatic N) is 1. The van der Waals surface area contributed by atoms with Gasteiger partial charge in [0.1, 0.15) is 16.5 Å². The first-order chi connectivity index (χ1) is 13.6. The van der Waals surface area contributed by atoms with Gasteiger partial charge in [-0.2, -0.15) is 0 Å². The van der Waals surface area contributed by atoms with Crippen molar-refractivity contribution >= 4 is 15.8 Å². The van der Waals surface area contributed by atoms with E-state index in [1.165, 1.54) is 12.3 Å². The molecule has 0 aliphatic heterocycles. The molecule has 0 radical (unpaired) electrons. The first-order valence-electron chi connectivity index (χ1n) is 9.73. The summed E-state index contributed by atoms with van der Waals surface area (Å²) < 4.78 is 33.0. The molecule has 8 heteroatoms. The molecule has 1 heterocycles. The number of nitrogens with one attached hydrogen (secondary N) is 2. The number of benzene rings is 1. The van der Waals surface area contributed by atoms with E-state index in [4.69, 9.17) is 4.74 Å². The van der Waals surface area contributed by atoms with Crippen molar-refractivity contribution in [2.45, 2.75) is 51.7 Å². The zero-order chi connectivity index (χ0) is 21.5. The third-order valence-corrected chi connectivity index (χ3v) is 6.15. The summed E-state index contributed by atoms with van der Waals surface area (Å²) in [5, 5.41) is 12.9. The maximum Gasteiger partial charge on any atom is 0.242 e. The first kappa shape index (κ1) is 23.1. The van der Waals surface area contributed by atoms with Gasteiger partial charge in [0.15, 0.2) is 0 Å². The van der Waals surface area contributed by atoms with E-state index < -0.39 is 21.5 Å². The summed E-state index contributed by atoms with van der Waals surface area (Å²) in [5.41, 5.74) is 0.494. The number of pyridine rings is 1. The fraction of sp³-hybridized carbons (Fsp3) is 0.476. The SMILES string of the molecule is CCCOc1ccc(CNc2ccc(S(=O)(=O)NCC(C)(C)C(C)O)cn2)cc1. The molecular weight excluding hydrogens is 390 g/mol. The van der Waals surface area contributed by atoms with Crippen molar-refractivity contribution in [3.05, 3.63) is 48.2 Å². The van der Waals surface area contributed by atoms with Crippen molar-refractivity contribution in [3.8, 4) is 5.75 Å². The van der Waals surface area contributed by atoms with E-state index in [0.29, 0.717) is 19.0 Å². The zero-order valence-electron chi connectivity index (χ0n) is 17.5. The molecule has 0 aliphatic rings. The van der Waals surface area contributed by atoms with Gasteiger partial charge in [-0.3, -0.25) is 0 Å². The van der Waals surface area contributed by atoms with Crippen LogP contribution in [-0.4, -0.2) is 37.8 Å². The number of anilines is 1. The van der Waals surface area contributed by atoms with Crippen molar-refractivity contribution in [2.75, 3.05) is 18.5 Å². The van der Waals surface area contributed by atoms with Crippen molar-refractivity contribution < 1.29 is 18.3 Å². The van der Waals surface area contributed by atoms with E-state index in [9.17, 15) is 13.5 Å². The zero-order valence-corrected chi connectivity index (χ0v) is 18.3. The van der Waals surface area contributed by atoms with Crippen LogP contribution in [-0.2, 0) is 16.6 Å². The summed E-state index contributed by atoms with van der Waals surface area (Å²) >= 11 is 0. The molecule has 3 N–H and O–H groups in total. The molecule has 1 atom stereocenters. The molecule has 0 saturated heterocycles. The van der Waals surface area contributed by atoms with Crippen LogP contribution in [0.3, 0.4) is 0 Å². The van der Waals surface area contributed by atoms with Gasteiger partial charge in [-0.05, 0) is 43.2 Å². The number of sulfonamides is 1. The van der Waals surface area contributed by atoms with Gasteiger partial charge in [-0.1, -0.05) is 32.9 Å². The van der Waals surface area contributed by atoms with Gasteiger partial charge in [0.05, 0.1) is 12.7 Å². The highest BCUT2D eigenvalue weighted by Gasteiger charge is 2.27. The van der Waals surface area contributed by atoms with Gasteiger partial charge < -0.3 is 15.2 Å². The number of rotatable bonds is 11. The van der Waals surface area contributed by atoms with Gasteiger partial charge in [-0.25, -0.2) is 18.1 Å². The molecule has 2 aromatic rings. The Morgan fingerprint density at radius 2 is 1.86 bits per heavy atom. The Morgan fingerprint density at radius 1 is 1.17 bits per heavy atom. The average Bonchev–Trinajstić information content (AvgIpc) is 2.70. The number of aliphatic hydroxyl groups is 1. The second-order valence-corrected chi connectivity index (χ2v) is 9.48. The predicted octanol–water partition coefficient (Wildman–Crippen LogP) is 3.17. The number of ether oxygens (including phenoxy) is 1. The molecule has 29 heavy (non-hydrogen) atoms. The quantitative estimate of drug-likeness (QED) is 0.515. The molecule has 0 aliphatic carbocycles. The van der Waals surface area contributed by atoms with Crippen molar-refractivity contribution in [1.29, 1.82) is 0 Å². The van der Waals surface area contributed by atoms with Crippen molar-refractivity contribution in [1.82, 2.24) is 9.71 Å². The van der Waals surface area contributed by atoms with Crippen LogP contribution in [0.5, 0.6) is 5.75 Å². The van der Waals surface area contributed by atoms with E-state index in [1.54, 1.807) is 26.8 Å². The lowest BCUT2D eigenvalue weighted by Gasteiger charge is -2.27. The van der Waals surface area contributed by atoms with Crippen molar-refractivity contribution in [2.24, 2.45) is 5.41 Å². The van der Waals surface area contributed by atoms with Crippen LogP contribution in [0, 0.1) is 5.41 Å². The highest BCUT2D eigenvalue weighted by Crippen LogP contribution is 2.20. The Hall–Kier alpha value is -2.16. The van der Waals surface area contributed by atoms with E-state index >= 15 is 0 Å². The molecular formula is C21H31N3O4S. The van der Waals surface area contributed by atoms with Crippen LogP contribution < -0.4 is 14.8 Å². The molecule has 0 amide bonds. The topological polar surface area (TPSA) is 101 Å². The standard InChI is InChI=1S/C21H31N3O4S/c1-5-12-28-18-8-6-17(7-9-18)13-22-20-11-10-19(14-23-20)29(26,27)24-15-21(3,4)16(2)25/h6-11,14,16,24-25H,5,12-13,15H2,1-4H3,(H,22,23). The monoisotopic (exact) mass is 421 g/mol. The summed E-state index contributed by atoms with van der Waals surface area (Å²) in [4.78, 5) is 4.28. The van der Waals surface area contributed by atoms with Gasteiger partial charge in [0, 0.05) is 24.7 Å². The Kier molecular flexibility index (Phi) is 8.01. The fourth-order valence-corrected chi connectivity index (χ4v) is 3.44. The van der Waals surface area contributed by atoms with Crippen LogP contribution in [0.2, 0.25) is 0 Å². The average molecular weight is 422 g/mol. The lowest BCUT2D eigenvalue weighted by atomic mass is 9.88. The predicted molar refractivity (Wildman–Crippen MR) is 114 cm³/mol. The normalized spacial score (nSPS) is 13.1. The van der Waals surface area contributed by atoms with E-state index in [1.807, 2.05) is 24.3 Å².